The molecule has 2 N–H and O–H groups in total. The molecule has 2 aliphatic rings. The number of benzene rings is 1. The van der Waals surface area contributed by atoms with Crippen molar-refractivity contribution in [2.75, 3.05) is 26.7 Å². The SMILES string of the molecule is CN1C[C@@H](NC(=O)c2ccns2)CC[C@@H](C(=O)N2CCc3ccccc3C2)C1.O=CO. The van der Waals surface area contributed by atoms with Gasteiger partial charge in [0.05, 0.1) is 5.92 Å². The fourth-order valence-corrected chi connectivity index (χ4v) is 4.76. The van der Waals surface area contributed by atoms with E-state index in [2.05, 4.69) is 32.8 Å². The number of rotatable bonds is 3. The van der Waals surface area contributed by atoms with Crippen molar-refractivity contribution in [3.05, 3.63) is 52.5 Å². The summed E-state index contributed by atoms with van der Waals surface area (Å²) in [5.41, 5.74) is 2.62. The zero-order chi connectivity index (χ0) is 22.2. The largest absolute Gasteiger partial charge is 0.483 e. The molecule has 3 heterocycles. The quantitative estimate of drug-likeness (QED) is 0.701. The average Bonchev–Trinajstić information content (AvgIpc) is 3.25. The highest BCUT2D eigenvalue weighted by Crippen LogP contribution is 2.24. The van der Waals surface area contributed by atoms with Gasteiger partial charge in [-0.2, -0.15) is 0 Å². The highest BCUT2D eigenvalue weighted by Gasteiger charge is 2.31. The van der Waals surface area contributed by atoms with E-state index < -0.39 is 0 Å². The van der Waals surface area contributed by atoms with Crippen LogP contribution in [-0.2, 0) is 22.6 Å². The standard InChI is InChI=1S/C21H26N4O2S.CH2O2/c1-24-12-17(6-7-18(14-24)23-20(26)19-8-10-22-28-19)21(27)25-11-9-15-4-2-3-5-16(15)13-25;2-1-3/h2-5,8,10,17-18H,6-7,9,11-14H2,1H3,(H,23,26);1H,(H,2,3)/t17-,18+;/m1./s1. The number of fused-ring (bicyclic) bond motifs is 1. The molecular formula is C22H28N4O4S. The summed E-state index contributed by atoms with van der Waals surface area (Å²) in [5.74, 6) is 0.162. The molecule has 1 aromatic carbocycles. The number of carboxylic acid groups (broad SMARTS) is 1. The molecule has 2 aliphatic heterocycles. The van der Waals surface area contributed by atoms with E-state index in [0.717, 1.165) is 38.9 Å². The summed E-state index contributed by atoms with van der Waals surface area (Å²) in [5, 5.41) is 10.00. The molecule has 0 aliphatic carbocycles. The van der Waals surface area contributed by atoms with E-state index in [-0.39, 0.29) is 30.2 Å². The number of carbonyl (C=O) groups is 3. The molecule has 0 unspecified atom stereocenters. The second kappa shape index (κ2) is 11.0. The normalized spacial score (nSPS) is 21.1. The van der Waals surface area contributed by atoms with Gasteiger partial charge in [-0.3, -0.25) is 14.4 Å². The molecule has 2 aromatic rings. The van der Waals surface area contributed by atoms with Gasteiger partial charge in [0.2, 0.25) is 5.91 Å². The zero-order valence-electron chi connectivity index (χ0n) is 17.6. The number of nitrogens with one attached hydrogen (secondary N) is 1. The maximum atomic E-state index is 13.2. The summed E-state index contributed by atoms with van der Waals surface area (Å²) in [6.07, 6.45) is 4.19. The van der Waals surface area contributed by atoms with E-state index in [1.807, 2.05) is 18.0 Å². The molecule has 4 rings (SSSR count). The minimum Gasteiger partial charge on any atom is -0.483 e. The third-order valence-electron chi connectivity index (χ3n) is 5.72. The predicted octanol–water partition coefficient (Wildman–Crippen LogP) is 1.87. The van der Waals surface area contributed by atoms with Crippen LogP contribution in [0.25, 0.3) is 0 Å². The lowest BCUT2D eigenvalue weighted by Gasteiger charge is -2.32. The molecule has 9 heteroatoms. The third-order valence-corrected chi connectivity index (χ3v) is 6.46. The smallest absolute Gasteiger partial charge is 0.290 e. The van der Waals surface area contributed by atoms with Crippen molar-refractivity contribution in [3.63, 3.8) is 0 Å². The number of hydrogen-bond acceptors (Lipinski definition) is 6. The summed E-state index contributed by atoms with van der Waals surface area (Å²) >= 11 is 1.21. The van der Waals surface area contributed by atoms with Gasteiger partial charge in [0, 0.05) is 38.4 Å². The van der Waals surface area contributed by atoms with E-state index in [4.69, 9.17) is 9.90 Å². The first-order valence-electron chi connectivity index (χ1n) is 10.3. The van der Waals surface area contributed by atoms with E-state index in [1.165, 1.54) is 22.7 Å². The molecule has 0 radical (unpaired) electrons. The van der Waals surface area contributed by atoms with Crippen molar-refractivity contribution in [1.29, 1.82) is 0 Å². The van der Waals surface area contributed by atoms with E-state index in [0.29, 0.717) is 11.4 Å². The van der Waals surface area contributed by atoms with Crippen LogP contribution in [0.2, 0.25) is 0 Å². The molecule has 1 saturated heterocycles. The first kappa shape index (κ1) is 22.9. The van der Waals surface area contributed by atoms with Crippen LogP contribution in [0.1, 0.15) is 33.6 Å². The zero-order valence-corrected chi connectivity index (χ0v) is 18.4. The van der Waals surface area contributed by atoms with Crippen LogP contribution < -0.4 is 5.32 Å². The Morgan fingerprint density at radius 2 is 1.94 bits per heavy atom. The Morgan fingerprint density at radius 1 is 1.19 bits per heavy atom. The molecule has 1 fully saturated rings. The summed E-state index contributed by atoms with van der Waals surface area (Å²) in [7, 11) is 2.03. The molecule has 0 spiro atoms. The number of aromatic nitrogens is 1. The number of likely N-dealkylation sites (N-methyl/N-ethyl adjacent to an activating group) is 1. The van der Waals surface area contributed by atoms with Gasteiger partial charge in [-0.25, -0.2) is 4.37 Å². The Labute approximate surface area is 186 Å². The Kier molecular flexibility index (Phi) is 8.13. The van der Waals surface area contributed by atoms with Crippen molar-refractivity contribution in [3.8, 4) is 0 Å². The number of amides is 2. The molecule has 2 amide bonds. The van der Waals surface area contributed by atoms with Gasteiger partial charge < -0.3 is 20.2 Å². The monoisotopic (exact) mass is 444 g/mol. The lowest BCUT2D eigenvalue weighted by atomic mass is 9.96. The highest BCUT2D eigenvalue weighted by molar-refractivity contribution is 7.08. The van der Waals surface area contributed by atoms with Crippen molar-refractivity contribution < 1.29 is 19.5 Å². The lowest BCUT2D eigenvalue weighted by molar-refractivity contribution is -0.137. The minimum atomic E-state index is -0.250. The first-order chi connectivity index (χ1) is 15.0. The minimum absolute atomic E-state index is 0.0134. The van der Waals surface area contributed by atoms with E-state index in [9.17, 15) is 9.59 Å². The molecule has 8 nitrogen and oxygen atoms in total. The highest BCUT2D eigenvalue weighted by atomic mass is 32.1. The number of nitrogens with zero attached hydrogens (tertiary/aromatic N) is 3. The molecule has 1 aromatic heterocycles. The summed E-state index contributed by atoms with van der Waals surface area (Å²) in [4.78, 5) is 38.7. The van der Waals surface area contributed by atoms with Gasteiger partial charge in [-0.05, 0) is 55.0 Å². The number of hydrogen-bond donors (Lipinski definition) is 2. The Balaban J connectivity index is 0.000000858. The van der Waals surface area contributed by atoms with Crippen LogP contribution in [0.4, 0.5) is 0 Å². The number of likely N-dealkylation sites (tertiary alicyclic amines) is 1. The van der Waals surface area contributed by atoms with Crippen molar-refractivity contribution in [2.45, 2.75) is 31.8 Å². The second-order valence-corrected chi connectivity index (χ2v) is 8.76. The fraction of sp³-hybridized carbons (Fsp3) is 0.455. The molecule has 166 valence electrons. The predicted molar refractivity (Wildman–Crippen MR) is 118 cm³/mol. The van der Waals surface area contributed by atoms with Crippen LogP contribution in [0.5, 0.6) is 0 Å². The lowest BCUT2D eigenvalue weighted by Crippen LogP contribution is -2.43. The van der Waals surface area contributed by atoms with Crippen LogP contribution in [0, 0.1) is 5.92 Å². The first-order valence-corrected chi connectivity index (χ1v) is 11.1. The third kappa shape index (κ3) is 6.11. The van der Waals surface area contributed by atoms with Crippen molar-refractivity contribution in [2.24, 2.45) is 5.92 Å². The van der Waals surface area contributed by atoms with Gasteiger partial charge in [-0.15, -0.1) is 0 Å². The second-order valence-electron chi connectivity index (χ2n) is 7.93. The molecule has 0 bridgehead atoms. The van der Waals surface area contributed by atoms with Gasteiger partial charge >= 0.3 is 0 Å². The van der Waals surface area contributed by atoms with Crippen LogP contribution in [0.3, 0.4) is 0 Å². The summed E-state index contributed by atoms with van der Waals surface area (Å²) in [6, 6.07) is 10.2. The van der Waals surface area contributed by atoms with Crippen LogP contribution >= 0.6 is 11.5 Å². The molecule has 0 saturated carbocycles. The summed E-state index contributed by atoms with van der Waals surface area (Å²) < 4.78 is 3.99. The Morgan fingerprint density at radius 3 is 2.65 bits per heavy atom. The topological polar surface area (TPSA) is 103 Å². The van der Waals surface area contributed by atoms with Gasteiger partial charge in [0.25, 0.3) is 12.4 Å². The fourth-order valence-electron chi connectivity index (χ4n) is 4.26. The van der Waals surface area contributed by atoms with Gasteiger partial charge in [0.15, 0.2) is 0 Å². The Hall–Kier alpha value is -2.78. The van der Waals surface area contributed by atoms with Crippen molar-refractivity contribution in [1.82, 2.24) is 19.5 Å². The van der Waals surface area contributed by atoms with Gasteiger partial charge in [-0.1, -0.05) is 24.3 Å². The molecule has 31 heavy (non-hydrogen) atoms. The molecular weight excluding hydrogens is 416 g/mol. The van der Waals surface area contributed by atoms with Gasteiger partial charge in [0.1, 0.15) is 4.88 Å². The Bertz CT molecular complexity index is 889. The van der Waals surface area contributed by atoms with Crippen LogP contribution in [0.15, 0.2) is 36.5 Å². The van der Waals surface area contributed by atoms with E-state index in [1.54, 1.807) is 12.3 Å². The maximum absolute atomic E-state index is 13.2. The average molecular weight is 445 g/mol. The molecule has 2 atom stereocenters. The maximum Gasteiger partial charge on any atom is 0.290 e. The van der Waals surface area contributed by atoms with Crippen LogP contribution in [-0.4, -0.2) is 70.3 Å². The summed E-state index contributed by atoms with van der Waals surface area (Å²) in [6.45, 7) is 2.75. The number of carbonyl (C=O) groups excluding carboxylic acids is 2. The van der Waals surface area contributed by atoms with E-state index >= 15 is 0 Å². The van der Waals surface area contributed by atoms with Crippen molar-refractivity contribution >= 4 is 29.8 Å².